The molecule has 2 aromatic carbocycles. The van der Waals surface area contributed by atoms with Crippen LogP contribution in [0.15, 0.2) is 49.5 Å². The number of aromatic nitrogens is 1. The van der Waals surface area contributed by atoms with Crippen LogP contribution in [0.2, 0.25) is 0 Å². The highest BCUT2D eigenvalue weighted by molar-refractivity contribution is 9.11. The Kier molecular flexibility index (Phi) is 5.43. The van der Waals surface area contributed by atoms with E-state index in [1.165, 1.54) is 0 Å². The van der Waals surface area contributed by atoms with Crippen LogP contribution in [0.5, 0.6) is 11.6 Å². The van der Waals surface area contributed by atoms with Crippen molar-refractivity contribution in [2.24, 2.45) is 10.2 Å². The zero-order valence-electron chi connectivity index (χ0n) is 14.0. The van der Waals surface area contributed by atoms with E-state index >= 15 is 0 Å². The number of rotatable bonds is 4. The van der Waals surface area contributed by atoms with Crippen LogP contribution in [0.4, 0.5) is 5.69 Å². The van der Waals surface area contributed by atoms with E-state index in [9.17, 15) is 9.90 Å². The van der Waals surface area contributed by atoms with Gasteiger partial charge >= 0.3 is 5.91 Å². The third-order valence-electron chi connectivity index (χ3n) is 3.73. The molecule has 134 valence electrons. The molecule has 0 aliphatic heterocycles. The van der Waals surface area contributed by atoms with E-state index in [0.29, 0.717) is 16.7 Å². The summed E-state index contributed by atoms with van der Waals surface area (Å²) < 4.78 is 7.07. The number of aromatic hydroxyl groups is 1. The molecule has 3 rings (SSSR count). The fourth-order valence-electron chi connectivity index (χ4n) is 2.43. The normalized spacial score (nSPS) is 11.4. The molecule has 0 spiro atoms. The van der Waals surface area contributed by atoms with E-state index in [1.54, 1.807) is 6.07 Å². The van der Waals surface area contributed by atoms with Crippen molar-refractivity contribution in [2.45, 2.75) is 13.8 Å². The van der Waals surface area contributed by atoms with Gasteiger partial charge in [-0.05, 0) is 59.1 Å². The predicted molar refractivity (Wildman–Crippen MR) is 106 cm³/mol. The molecule has 26 heavy (non-hydrogen) atoms. The minimum Gasteiger partial charge on any atom is -0.493 e. The van der Waals surface area contributed by atoms with Crippen LogP contribution in [0, 0.1) is 13.8 Å². The van der Waals surface area contributed by atoms with Gasteiger partial charge in [-0.1, -0.05) is 28.1 Å². The number of amides is 1. The second kappa shape index (κ2) is 7.59. The summed E-state index contributed by atoms with van der Waals surface area (Å²) in [5.41, 5.74) is 2.84. The minimum atomic E-state index is -0.547. The Morgan fingerprint density at radius 2 is 2.00 bits per heavy atom. The number of azo groups is 1. The summed E-state index contributed by atoms with van der Waals surface area (Å²) in [7, 11) is 0. The molecule has 0 radical (unpaired) electrons. The highest BCUT2D eigenvalue weighted by Gasteiger charge is 2.14. The number of aryl methyl sites for hydroxylation is 2. The zero-order valence-corrected chi connectivity index (χ0v) is 17.2. The van der Waals surface area contributed by atoms with Crippen molar-refractivity contribution in [1.29, 1.82) is 0 Å². The molecule has 1 amide bonds. The molecule has 0 aliphatic rings. The van der Waals surface area contributed by atoms with Crippen molar-refractivity contribution < 1.29 is 14.6 Å². The standard InChI is InChI=1S/C18H15Br2N3O3/c1-9-3-4-10(2)14(5-9)26-8-15(24)22-23-17-12-6-11(19)7-13(20)16(12)21-18(17)25/h3-7,21,25H,8H2,1-2H3. The molecule has 0 saturated heterocycles. The maximum atomic E-state index is 12.0. The van der Waals surface area contributed by atoms with Gasteiger partial charge in [-0.2, -0.15) is 0 Å². The van der Waals surface area contributed by atoms with Crippen molar-refractivity contribution in [3.05, 3.63) is 50.4 Å². The lowest BCUT2D eigenvalue weighted by atomic mass is 10.1. The van der Waals surface area contributed by atoms with Gasteiger partial charge in [0.25, 0.3) is 0 Å². The maximum Gasteiger partial charge on any atom is 0.302 e. The molecule has 0 aliphatic carbocycles. The number of nitrogens with zero attached hydrogens (tertiary/aromatic N) is 2. The second-order valence-electron chi connectivity index (χ2n) is 5.78. The fourth-order valence-corrected chi connectivity index (χ4v) is 3.76. The Labute approximate surface area is 166 Å². The summed E-state index contributed by atoms with van der Waals surface area (Å²) in [6.45, 7) is 3.62. The van der Waals surface area contributed by atoms with Crippen LogP contribution in [0.25, 0.3) is 10.9 Å². The van der Waals surface area contributed by atoms with Crippen LogP contribution < -0.4 is 4.74 Å². The first-order valence-electron chi connectivity index (χ1n) is 7.69. The number of H-pyrrole nitrogens is 1. The van der Waals surface area contributed by atoms with Crippen molar-refractivity contribution in [3.63, 3.8) is 0 Å². The molecule has 3 aromatic rings. The molecule has 2 N–H and O–H groups in total. The van der Waals surface area contributed by atoms with E-state index in [2.05, 4.69) is 47.1 Å². The van der Waals surface area contributed by atoms with E-state index in [4.69, 9.17) is 4.74 Å². The Morgan fingerprint density at radius 1 is 1.23 bits per heavy atom. The number of carbonyl (C=O) groups excluding carboxylic acids is 1. The summed E-state index contributed by atoms with van der Waals surface area (Å²) in [4.78, 5) is 14.8. The first kappa shape index (κ1) is 18.6. The molecule has 1 heterocycles. The molecule has 0 saturated carbocycles. The average Bonchev–Trinajstić information content (AvgIpc) is 2.89. The van der Waals surface area contributed by atoms with Crippen LogP contribution in [0.3, 0.4) is 0 Å². The SMILES string of the molecule is Cc1ccc(C)c(OCC(=O)N=Nc2c(O)[nH]c3c(Br)cc(Br)cc23)c1. The Bertz CT molecular complexity index is 1030. The summed E-state index contributed by atoms with van der Waals surface area (Å²) in [6.07, 6.45) is 0. The van der Waals surface area contributed by atoms with Gasteiger partial charge in [-0.3, -0.25) is 4.79 Å². The first-order chi connectivity index (χ1) is 12.3. The van der Waals surface area contributed by atoms with Gasteiger partial charge in [-0.15, -0.1) is 10.2 Å². The van der Waals surface area contributed by atoms with Gasteiger partial charge in [0.05, 0.1) is 5.52 Å². The van der Waals surface area contributed by atoms with E-state index in [0.717, 1.165) is 20.1 Å². The van der Waals surface area contributed by atoms with Crippen molar-refractivity contribution in [3.8, 4) is 11.6 Å². The van der Waals surface area contributed by atoms with Gasteiger partial charge in [0.1, 0.15) is 5.75 Å². The minimum absolute atomic E-state index is 0.161. The highest BCUT2D eigenvalue weighted by atomic mass is 79.9. The van der Waals surface area contributed by atoms with Crippen LogP contribution in [-0.4, -0.2) is 22.6 Å². The molecular weight excluding hydrogens is 466 g/mol. The third kappa shape index (κ3) is 3.96. The number of nitrogens with one attached hydrogen (secondary N) is 1. The quantitative estimate of drug-likeness (QED) is 0.469. The third-order valence-corrected chi connectivity index (χ3v) is 4.82. The summed E-state index contributed by atoms with van der Waals surface area (Å²) in [5, 5.41) is 18.2. The van der Waals surface area contributed by atoms with Crippen LogP contribution in [-0.2, 0) is 4.79 Å². The van der Waals surface area contributed by atoms with Crippen molar-refractivity contribution in [2.75, 3.05) is 6.61 Å². The number of carbonyl (C=O) groups is 1. The van der Waals surface area contributed by atoms with Gasteiger partial charge in [0.2, 0.25) is 5.88 Å². The lowest BCUT2D eigenvalue weighted by Crippen LogP contribution is -2.08. The molecule has 8 heteroatoms. The summed E-state index contributed by atoms with van der Waals surface area (Å²) in [6, 6.07) is 9.38. The van der Waals surface area contributed by atoms with Crippen molar-refractivity contribution >= 4 is 54.4 Å². The molecule has 6 nitrogen and oxygen atoms in total. The number of aromatic amines is 1. The smallest absolute Gasteiger partial charge is 0.302 e. The van der Waals surface area contributed by atoms with Gasteiger partial charge < -0.3 is 14.8 Å². The predicted octanol–water partition coefficient (Wildman–Crippen LogP) is 5.70. The Morgan fingerprint density at radius 3 is 2.77 bits per heavy atom. The van der Waals surface area contributed by atoms with Gasteiger partial charge in [0.15, 0.2) is 12.3 Å². The Hall–Kier alpha value is -2.19. The zero-order chi connectivity index (χ0) is 18.8. The number of hydrogen-bond donors (Lipinski definition) is 2. The van der Waals surface area contributed by atoms with Crippen LogP contribution in [0.1, 0.15) is 11.1 Å². The summed E-state index contributed by atoms with van der Waals surface area (Å²) >= 11 is 6.79. The number of halogens is 2. The average molecular weight is 481 g/mol. The fraction of sp³-hybridized carbons (Fsp3) is 0.167. The Balaban J connectivity index is 1.77. The number of benzene rings is 2. The van der Waals surface area contributed by atoms with E-state index < -0.39 is 5.91 Å². The molecular formula is C18H15Br2N3O3. The molecule has 0 fully saturated rings. The van der Waals surface area contributed by atoms with Gasteiger partial charge in [0, 0.05) is 14.3 Å². The summed E-state index contributed by atoms with van der Waals surface area (Å²) in [5.74, 6) is -0.0733. The highest BCUT2D eigenvalue weighted by Crippen LogP contribution is 2.40. The number of ether oxygens (including phenoxy) is 1. The second-order valence-corrected chi connectivity index (χ2v) is 7.55. The topological polar surface area (TPSA) is 87.0 Å². The molecule has 1 aromatic heterocycles. The lowest BCUT2D eigenvalue weighted by Gasteiger charge is -2.07. The largest absolute Gasteiger partial charge is 0.493 e. The molecule has 0 bridgehead atoms. The van der Waals surface area contributed by atoms with Crippen LogP contribution >= 0.6 is 31.9 Å². The monoisotopic (exact) mass is 479 g/mol. The lowest BCUT2D eigenvalue weighted by molar-refractivity contribution is -0.120. The number of fused-ring (bicyclic) bond motifs is 1. The first-order valence-corrected chi connectivity index (χ1v) is 9.28. The van der Waals surface area contributed by atoms with E-state index in [1.807, 2.05) is 38.1 Å². The maximum absolute atomic E-state index is 12.0. The molecule has 0 atom stereocenters. The van der Waals surface area contributed by atoms with E-state index in [-0.39, 0.29) is 18.2 Å². The van der Waals surface area contributed by atoms with Crippen molar-refractivity contribution in [1.82, 2.24) is 4.98 Å². The van der Waals surface area contributed by atoms with Gasteiger partial charge in [-0.25, -0.2) is 0 Å². The number of hydrogen-bond acceptors (Lipinski definition) is 4. The molecule has 0 unspecified atom stereocenters.